The number of hydrogen-bond donors (Lipinski definition) is 0. The second-order valence-electron chi connectivity index (χ2n) is 5.15. The van der Waals surface area contributed by atoms with Crippen molar-refractivity contribution in [3.63, 3.8) is 0 Å². The van der Waals surface area contributed by atoms with Gasteiger partial charge in [0.1, 0.15) is 0 Å². The van der Waals surface area contributed by atoms with E-state index in [4.69, 9.17) is 0 Å². The molecule has 0 fully saturated rings. The molecule has 0 aliphatic heterocycles. The summed E-state index contributed by atoms with van der Waals surface area (Å²) in [6.07, 6.45) is 0. The summed E-state index contributed by atoms with van der Waals surface area (Å²) in [6, 6.07) is 13.9. The minimum absolute atomic E-state index is 1.37. The third-order valence-electron chi connectivity index (χ3n) is 3.81. The lowest BCUT2D eigenvalue weighted by molar-refractivity contribution is 1.66. The smallest absolute Gasteiger partial charge is 0.0362 e. The summed E-state index contributed by atoms with van der Waals surface area (Å²) in [6.45, 7) is 2.19. The van der Waals surface area contributed by atoms with Gasteiger partial charge < -0.3 is 0 Å². The Kier molecular flexibility index (Phi) is 2.15. The highest BCUT2D eigenvalue weighted by Gasteiger charge is 2.09. The molecule has 0 N–H and O–H groups in total. The molecule has 0 spiro atoms. The van der Waals surface area contributed by atoms with E-state index in [0.29, 0.717) is 0 Å². The number of rotatable bonds is 0. The summed E-state index contributed by atoms with van der Waals surface area (Å²) < 4.78 is 5.60. The Balaban J connectivity index is 2.01. The maximum absolute atomic E-state index is 2.38. The van der Waals surface area contributed by atoms with Crippen molar-refractivity contribution in [2.75, 3.05) is 0 Å². The first-order valence-corrected chi connectivity index (χ1v) is 9.03. The van der Waals surface area contributed by atoms with E-state index in [-0.39, 0.29) is 0 Å². The quantitative estimate of drug-likeness (QED) is 0.295. The van der Waals surface area contributed by atoms with E-state index in [9.17, 15) is 0 Å². The first-order valence-electron chi connectivity index (χ1n) is 6.52. The van der Waals surface area contributed by atoms with Crippen LogP contribution < -0.4 is 0 Å². The molecule has 0 aliphatic carbocycles. The van der Waals surface area contributed by atoms with E-state index in [1.165, 1.54) is 45.2 Å². The van der Waals surface area contributed by atoms with Crippen molar-refractivity contribution < 1.29 is 0 Å². The zero-order valence-electron chi connectivity index (χ0n) is 10.8. The van der Waals surface area contributed by atoms with Gasteiger partial charge in [0.15, 0.2) is 0 Å². The fraction of sp³-hybridized carbons (Fsp3) is 0.0588. The summed E-state index contributed by atoms with van der Waals surface area (Å²) in [5, 5.41) is 7.75. The van der Waals surface area contributed by atoms with Crippen molar-refractivity contribution in [3.8, 4) is 0 Å². The molecule has 5 rings (SSSR count). The van der Waals surface area contributed by atoms with Crippen LogP contribution in [0.25, 0.3) is 40.3 Å². The largest absolute Gasteiger partial charge is 0.144 e. The molecule has 0 nitrogen and oxygen atoms in total. The highest BCUT2D eigenvalue weighted by atomic mass is 32.1. The molecule has 0 radical (unpaired) electrons. The second kappa shape index (κ2) is 3.82. The fourth-order valence-electron chi connectivity index (χ4n) is 2.90. The van der Waals surface area contributed by atoms with E-state index < -0.39 is 0 Å². The molecule has 0 aliphatic rings. The number of aryl methyl sites for hydroxylation is 1. The van der Waals surface area contributed by atoms with Crippen molar-refractivity contribution in [1.29, 1.82) is 0 Å². The van der Waals surface area contributed by atoms with Crippen LogP contribution in [0.15, 0.2) is 41.8 Å². The normalized spacial score (nSPS) is 12.2. The SMILES string of the molecule is Cc1cc2cc3sc4cc5ccsc5cc4c3cc2s1. The predicted molar refractivity (Wildman–Crippen MR) is 94.8 cm³/mol. The summed E-state index contributed by atoms with van der Waals surface area (Å²) in [7, 11) is 0. The number of thiophene rings is 3. The number of fused-ring (bicyclic) bond motifs is 5. The molecule has 0 saturated heterocycles. The number of benzene rings is 2. The van der Waals surface area contributed by atoms with Crippen LogP contribution in [0.3, 0.4) is 0 Å². The maximum atomic E-state index is 2.38. The fourth-order valence-corrected chi connectivity index (χ4v) is 5.82. The Hall–Kier alpha value is -1.42. The highest BCUT2D eigenvalue weighted by Crippen LogP contribution is 2.40. The van der Waals surface area contributed by atoms with Gasteiger partial charge in [-0.05, 0) is 59.5 Å². The van der Waals surface area contributed by atoms with Gasteiger partial charge in [-0.2, -0.15) is 0 Å². The molecule has 5 aromatic rings. The highest BCUT2D eigenvalue weighted by molar-refractivity contribution is 7.26. The van der Waals surface area contributed by atoms with Gasteiger partial charge in [0, 0.05) is 34.4 Å². The monoisotopic (exact) mass is 310 g/mol. The lowest BCUT2D eigenvalue weighted by Crippen LogP contribution is -1.67. The second-order valence-corrected chi connectivity index (χ2v) is 8.47. The van der Waals surface area contributed by atoms with Gasteiger partial charge in [0.05, 0.1) is 0 Å². The molecule has 96 valence electrons. The first-order chi connectivity index (χ1) is 9.78. The molecule has 0 saturated carbocycles. The zero-order valence-corrected chi connectivity index (χ0v) is 13.2. The standard InChI is InChI=1S/C17H10S3/c1-9-4-11-6-17-13(8-15(11)19-9)12-7-14-10(2-3-18-14)5-16(12)20-17/h2-8H,1H3. The molecule has 0 amide bonds. The molecule has 3 aromatic heterocycles. The molecule has 0 bridgehead atoms. The summed E-state index contributed by atoms with van der Waals surface area (Å²) in [5.74, 6) is 0. The van der Waals surface area contributed by atoms with Crippen LogP contribution in [0.1, 0.15) is 4.88 Å². The molecule has 0 unspecified atom stereocenters. The summed E-state index contributed by atoms with van der Waals surface area (Å²) >= 11 is 5.63. The Labute approximate surface area is 127 Å². The van der Waals surface area contributed by atoms with Gasteiger partial charge >= 0.3 is 0 Å². The van der Waals surface area contributed by atoms with Crippen LogP contribution in [-0.4, -0.2) is 0 Å². The summed E-state index contributed by atoms with van der Waals surface area (Å²) in [5.41, 5.74) is 0. The third kappa shape index (κ3) is 1.46. The maximum Gasteiger partial charge on any atom is 0.0362 e. The lowest BCUT2D eigenvalue weighted by atomic mass is 10.1. The minimum Gasteiger partial charge on any atom is -0.144 e. The molecule has 20 heavy (non-hydrogen) atoms. The van der Waals surface area contributed by atoms with Gasteiger partial charge in [-0.3, -0.25) is 0 Å². The Morgan fingerprint density at radius 3 is 2.30 bits per heavy atom. The van der Waals surface area contributed by atoms with Crippen molar-refractivity contribution in [2.45, 2.75) is 6.92 Å². The Morgan fingerprint density at radius 1 is 0.700 bits per heavy atom. The zero-order chi connectivity index (χ0) is 13.3. The Morgan fingerprint density at radius 2 is 1.45 bits per heavy atom. The van der Waals surface area contributed by atoms with Crippen molar-refractivity contribution in [1.82, 2.24) is 0 Å². The topological polar surface area (TPSA) is 0 Å². The Bertz CT molecular complexity index is 1110. The van der Waals surface area contributed by atoms with E-state index in [1.807, 2.05) is 34.0 Å². The first kappa shape index (κ1) is 11.3. The van der Waals surface area contributed by atoms with Gasteiger partial charge in [-0.15, -0.1) is 34.0 Å². The lowest BCUT2D eigenvalue weighted by Gasteiger charge is -1.94. The predicted octanol–water partition coefficient (Wildman–Crippen LogP) is 6.79. The average molecular weight is 310 g/mol. The van der Waals surface area contributed by atoms with Crippen LogP contribution >= 0.6 is 34.0 Å². The van der Waals surface area contributed by atoms with E-state index in [2.05, 4.69) is 48.7 Å². The van der Waals surface area contributed by atoms with Gasteiger partial charge in [0.2, 0.25) is 0 Å². The molecule has 0 atom stereocenters. The molecule has 2 aromatic carbocycles. The molecule has 3 heteroatoms. The van der Waals surface area contributed by atoms with Crippen molar-refractivity contribution in [2.24, 2.45) is 0 Å². The van der Waals surface area contributed by atoms with Crippen molar-refractivity contribution in [3.05, 3.63) is 46.7 Å². The van der Waals surface area contributed by atoms with Gasteiger partial charge in [-0.25, -0.2) is 0 Å². The van der Waals surface area contributed by atoms with E-state index in [0.717, 1.165) is 0 Å². The van der Waals surface area contributed by atoms with Crippen LogP contribution in [0.2, 0.25) is 0 Å². The van der Waals surface area contributed by atoms with Crippen LogP contribution in [0.4, 0.5) is 0 Å². The van der Waals surface area contributed by atoms with Gasteiger partial charge in [0.25, 0.3) is 0 Å². The van der Waals surface area contributed by atoms with Crippen LogP contribution in [-0.2, 0) is 0 Å². The third-order valence-corrected chi connectivity index (χ3v) is 6.81. The van der Waals surface area contributed by atoms with Gasteiger partial charge in [-0.1, -0.05) is 0 Å². The average Bonchev–Trinajstić information content (AvgIpc) is 3.08. The molecular weight excluding hydrogens is 300 g/mol. The summed E-state index contributed by atoms with van der Waals surface area (Å²) in [4.78, 5) is 1.39. The minimum atomic E-state index is 1.37. The van der Waals surface area contributed by atoms with Crippen LogP contribution in [0, 0.1) is 6.92 Å². The molecule has 3 heterocycles. The van der Waals surface area contributed by atoms with Crippen molar-refractivity contribution >= 4 is 74.4 Å². The van der Waals surface area contributed by atoms with E-state index in [1.54, 1.807) is 0 Å². The van der Waals surface area contributed by atoms with E-state index >= 15 is 0 Å². The molecular formula is C17H10S3. The van der Waals surface area contributed by atoms with Crippen LogP contribution in [0.5, 0.6) is 0 Å². The number of hydrogen-bond acceptors (Lipinski definition) is 3.